The van der Waals surface area contributed by atoms with Gasteiger partial charge in [-0.05, 0) is 60.0 Å². The summed E-state index contributed by atoms with van der Waals surface area (Å²) in [4.78, 5) is 12.9. The first-order valence-corrected chi connectivity index (χ1v) is 15.3. The standard InChI is InChI=1S/C29H29N3O6S2/c1-20(2)28(32-39(34,35)25-15-12-21(3)13-16-25)29(33)31-30-19-24-10-6-7-11-27(24)38-40(36,37)26-17-14-22-8-4-5-9-23(22)18-26/h4-20,28,32H,1-3H3,(H,31,33)/b30-19-/t28-/m1/s1. The number of benzene rings is 4. The number of para-hydroxylation sites is 1. The summed E-state index contributed by atoms with van der Waals surface area (Å²) in [5.41, 5.74) is 3.53. The summed E-state index contributed by atoms with van der Waals surface area (Å²) in [7, 11) is -8.13. The summed E-state index contributed by atoms with van der Waals surface area (Å²) in [5, 5.41) is 5.58. The molecule has 0 aliphatic rings. The number of amides is 1. The molecule has 11 heteroatoms. The van der Waals surface area contributed by atoms with E-state index in [0.717, 1.165) is 16.3 Å². The topological polar surface area (TPSA) is 131 Å². The Morgan fingerprint density at radius 2 is 1.45 bits per heavy atom. The molecule has 0 bridgehead atoms. The maximum Gasteiger partial charge on any atom is 0.339 e. The second-order valence-corrected chi connectivity index (χ2v) is 12.7. The molecule has 9 nitrogen and oxygen atoms in total. The van der Waals surface area contributed by atoms with E-state index in [1.54, 1.807) is 50.2 Å². The fourth-order valence-electron chi connectivity index (χ4n) is 3.83. The van der Waals surface area contributed by atoms with Crippen molar-refractivity contribution in [1.82, 2.24) is 10.1 Å². The molecule has 2 N–H and O–H groups in total. The molecule has 0 heterocycles. The molecule has 0 aliphatic carbocycles. The second-order valence-electron chi connectivity index (χ2n) is 9.47. The van der Waals surface area contributed by atoms with Crippen molar-refractivity contribution in [2.45, 2.75) is 36.6 Å². The van der Waals surface area contributed by atoms with E-state index in [4.69, 9.17) is 4.18 Å². The SMILES string of the molecule is Cc1ccc(S(=O)(=O)N[C@@H](C(=O)N/N=C\c2ccccc2OS(=O)(=O)c2ccc3ccccc3c2)C(C)C)cc1. The van der Waals surface area contributed by atoms with Crippen molar-refractivity contribution < 1.29 is 25.8 Å². The van der Waals surface area contributed by atoms with Crippen LogP contribution in [0.5, 0.6) is 5.75 Å². The van der Waals surface area contributed by atoms with E-state index in [2.05, 4.69) is 15.2 Å². The van der Waals surface area contributed by atoms with Gasteiger partial charge in [-0.1, -0.05) is 74.0 Å². The second kappa shape index (κ2) is 12.0. The summed E-state index contributed by atoms with van der Waals surface area (Å²) in [6.45, 7) is 5.24. The Kier molecular flexibility index (Phi) is 8.67. The van der Waals surface area contributed by atoms with Gasteiger partial charge in [-0.25, -0.2) is 13.8 Å². The van der Waals surface area contributed by atoms with Crippen molar-refractivity contribution in [3.8, 4) is 5.75 Å². The zero-order chi connectivity index (χ0) is 28.9. The number of fused-ring (bicyclic) bond motifs is 1. The number of carbonyl (C=O) groups excluding carboxylic acids is 1. The van der Waals surface area contributed by atoms with Crippen LogP contribution in [0.4, 0.5) is 0 Å². The fourth-order valence-corrected chi connectivity index (χ4v) is 6.17. The van der Waals surface area contributed by atoms with Crippen LogP contribution in [0.15, 0.2) is 106 Å². The Balaban J connectivity index is 1.48. The zero-order valence-corrected chi connectivity index (χ0v) is 23.7. The number of carbonyl (C=O) groups is 1. The Morgan fingerprint density at radius 3 is 2.15 bits per heavy atom. The van der Waals surface area contributed by atoms with Crippen LogP contribution >= 0.6 is 0 Å². The molecule has 0 fully saturated rings. The van der Waals surface area contributed by atoms with Crippen LogP contribution in [0.25, 0.3) is 10.8 Å². The molecular weight excluding hydrogens is 550 g/mol. The van der Waals surface area contributed by atoms with Gasteiger partial charge < -0.3 is 4.18 Å². The highest BCUT2D eigenvalue weighted by atomic mass is 32.2. The number of rotatable bonds is 10. The molecule has 1 atom stereocenters. The number of nitrogens with one attached hydrogen (secondary N) is 2. The molecule has 208 valence electrons. The van der Waals surface area contributed by atoms with E-state index in [1.165, 1.54) is 36.5 Å². The first-order chi connectivity index (χ1) is 19.0. The predicted octanol–water partition coefficient (Wildman–Crippen LogP) is 4.37. The first kappa shape index (κ1) is 28.9. The molecule has 0 unspecified atom stereocenters. The van der Waals surface area contributed by atoms with Gasteiger partial charge in [-0.3, -0.25) is 4.79 Å². The maximum absolute atomic E-state index is 13.0. The van der Waals surface area contributed by atoms with E-state index < -0.39 is 38.0 Å². The summed E-state index contributed by atoms with van der Waals surface area (Å²) >= 11 is 0. The number of aryl methyl sites for hydroxylation is 1. The van der Waals surface area contributed by atoms with E-state index >= 15 is 0 Å². The van der Waals surface area contributed by atoms with Crippen molar-refractivity contribution >= 4 is 43.0 Å². The van der Waals surface area contributed by atoms with Crippen molar-refractivity contribution in [2.75, 3.05) is 0 Å². The average molecular weight is 580 g/mol. The molecule has 1 amide bonds. The van der Waals surface area contributed by atoms with Gasteiger partial charge in [0.25, 0.3) is 5.91 Å². The highest BCUT2D eigenvalue weighted by Gasteiger charge is 2.28. The minimum Gasteiger partial charge on any atom is -0.378 e. The third-order valence-electron chi connectivity index (χ3n) is 6.07. The highest BCUT2D eigenvalue weighted by Crippen LogP contribution is 2.24. The minimum absolute atomic E-state index is 0.00752. The molecule has 40 heavy (non-hydrogen) atoms. The van der Waals surface area contributed by atoms with Crippen molar-refractivity contribution in [3.63, 3.8) is 0 Å². The lowest BCUT2D eigenvalue weighted by Gasteiger charge is -2.20. The lowest BCUT2D eigenvalue weighted by Crippen LogP contribution is -2.48. The van der Waals surface area contributed by atoms with Gasteiger partial charge in [0.15, 0.2) is 5.75 Å². The Hall–Kier alpha value is -4.06. The number of nitrogens with zero attached hydrogens (tertiary/aromatic N) is 1. The Morgan fingerprint density at radius 1 is 0.825 bits per heavy atom. The van der Waals surface area contributed by atoms with Crippen molar-refractivity contribution in [3.05, 3.63) is 102 Å². The molecule has 0 aromatic heterocycles. The summed E-state index contributed by atoms with van der Waals surface area (Å²) in [5.74, 6) is -1.06. The third-order valence-corrected chi connectivity index (χ3v) is 8.76. The first-order valence-electron chi connectivity index (χ1n) is 12.4. The van der Waals surface area contributed by atoms with Crippen LogP contribution in [0.2, 0.25) is 0 Å². The quantitative estimate of drug-likeness (QED) is 0.163. The molecule has 0 spiro atoms. The van der Waals surface area contributed by atoms with Gasteiger partial charge in [0.05, 0.1) is 11.1 Å². The lowest BCUT2D eigenvalue weighted by atomic mass is 10.1. The maximum atomic E-state index is 13.0. The van der Waals surface area contributed by atoms with E-state index in [-0.39, 0.29) is 21.1 Å². The van der Waals surface area contributed by atoms with E-state index in [0.29, 0.717) is 0 Å². The fraction of sp³-hybridized carbons (Fsp3) is 0.172. The third kappa shape index (κ3) is 6.92. The molecule has 0 aliphatic heterocycles. The zero-order valence-electron chi connectivity index (χ0n) is 22.1. The number of hydrazone groups is 1. The molecule has 4 aromatic rings. The molecule has 0 saturated carbocycles. The summed E-state index contributed by atoms with van der Waals surface area (Å²) in [6.07, 6.45) is 1.23. The largest absolute Gasteiger partial charge is 0.378 e. The smallest absolute Gasteiger partial charge is 0.339 e. The van der Waals surface area contributed by atoms with Crippen LogP contribution in [0.1, 0.15) is 25.0 Å². The van der Waals surface area contributed by atoms with Gasteiger partial charge in [0.1, 0.15) is 10.9 Å². The van der Waals surface area contributed by atoms with Crippen LogP contribution in [-0.4, -0.2) is 35.0 Å². The summed E-state index contributed by atoms with van der Waals surface area (Å²) in [6, 6.07) is 23.5. The van der Waals surface area contributed by atoms with Crippen molar-refractivity contribution in [1.29, 1.82) is 0 Å². The van der Waals surface area contributed by atoms with Crippen molar-refractivity contribution in [2.24, 2.45) is 11.0 Å². The normalized spacial score (nSPS) is 13.0. The van der Waals surface area contributed by atoms with Gasteiger partial charge in [0, 0.05) is 5.56 Å². The van der Waals surface area contributed by atoms with Gasteiger partial charge >= 0.3 is 10.1 Å². The van der Waals surface area contributed by atoms with Gasteiger partial charge in [-0.15, -0.1) is 0 Å². The Bertz CT molecular complexity index is 1770. The number of hydrogen-bond donors (Lipinski definition) is 2. The lowest BCUT2D eigenvalue weighted by molar-refractivity contribution is -0.123. The van der Waals surface area contributed by atoms with Gasteiger partial charge in [-0.2, -0.15) is 18.2 Å². The summed E-state index contributed by atoms with van der Waals surface area (Å²) < 4.78 is 59.5. The predicted molar refractivity (Wildman–Crippen MR) is 154 cm³/mol. The average Bonchev–Trinajstić information content (AvgIpc) is 2.92. The number of hydrogen-bond acceptors (Lipinski definition) is 7. The van der Waals surface area contributed by atoms with Crippen LogP contribution in [0.3, 0.4) is 0 Å². The monoisotopic (exact) mass is 579 g/mol. The molecule has 0 radical (unpaired) electrons. The highest BCUT2D eigenvalue weighted by molar-refractivity contribution is 7.89. The molecule has 4 aromatic carbocycles. The van der Waals surface area contributed by atoms with Crippen LogP contribution in [0, 0.1) is 12.8 Å². The minimum atomic E-state index is -4.17. The molecule has 0 saturated heterocycles. The Labute approximate surface area is 234 Å². The molecule has 4 rings (SSSR count). The van der Waals surface area contributed by atoms with Crippen LogP contribution in [-0.2, 0) is 24.9 Å². The van der Waals surface area contributed by atoms with E-state index in [9.17, 15) is 21.6 Å². The van der Waals surface area contributed by atoms with E-state index in [1.807, 2.05) is 31.2 Å². The molecular formula is C29H29N3O6S2. The van der Waals surface area contributed by atoms with Crippen LogP contribution < -0.4 is 14.3 Å². The van der Waals surface area contributed by atoms with Gasteiger partial charge in [0.2, 0.25) is 10.0 Å². The number of sulfonamides is 1.